The van der Waals surface area contributed by atoms with E-state index < -0.39 is 78.5 Å². The number of allylic oxidation sites excluding steroid dienone is 1. The summed E-state index contributed by atoms with van der Waals surface area (Å²) in [5, 5.41) is 55.2. The average molecular weight is 880 g/mol. The van der Waals surface area contributed by atoms with Crippen molar-refractivity contribution < 1.29 is 57.0 Å². The van der Waals surface area contributed by atoms with Crippen LogP contribution in [0.1, 0.15) is 213 Å². The Morgan fingerprint density at radius 2 is 1.08 bits per heavy atom. The molecular weight excluding hydrogens is 791 g/mol. The fraction of sp³-hybridized carbons (Fsp3) is 0.935. The van der Waals surface area contributed by atoms with Crippen LogP contribution in [0.15, 0.2) is 12.2 Å². The summed E-state index contributed by atoms with van der Waals surface area (Å²) in [4.78, 5) is 13.1. The first kappa shape index (κ1) is 56.8. The van der Waals surface area contributed by atoms with Crippen molar-refractivity contribution in [2.75, 3.05) is 13.2 Å². The van der Waals surface area contributed by atoms with E-state index in [-0.39, 0.29) is 6.42 Å². The molecular formula is C46H89NO12S. The number of amides is 1. The molecule has 1 fully saturated rings. The van der Waals surface area contributed by atoms with Gasteiger partial charge in [-0.2, -0.15) is 8.42 Å². The van der Waals surface area contributed by atoms with E-state index in [1.54, 1.807) is 0 Å². The van der Waals surface area contributed by atoms with Crippen LogP contribution in [-0.4, -0.2) is 107 Å². The molecule has 13 nitrogen and oxygen atoms in total. The molecule has 1 aliphatic heterocycles. The number of carbonyl (C=O) groups is 1. The van der Waals surface area contributed by atoms with E-state index in [9.17, 15) is 43.3 Å². The molecule has 1 saturated heterocycles. The predicted octanol–water partition coefficient (Wildman–Crippen LogP) is 8.53. The summed E-state index contributed by atoms with van der Waals surface area (Å²) in [6.07, 6.45) is 28.7. The monoisotopic (exact) mass is 880 g/mol. The first-order valence-corrected chi connectivity index (χ1v) is 25.5. The van der Waals surface area contributed by atoms with Gasteiger partial charge in [-0.25, -0.2) is 4.18 Å². The SMILES string of the molecule is CCCCCCCCCCCC/C=C/C(O)C(COC1OC(CO)C(O)C(OS(=O)(=O)O)C1O)NC(=O)C(O)CCCCCCCCCCCCCCCCCCCCC. The molecule has 8 unspecified atom stereocenters. The molecule has 1 heterocycles. The van der Waals surface area contributed by atoms with Gasteiger partial charge in [0.2, 0.25) is 5.91 Å². The van der Waals surface area contributed by atoms with Gasteiger partial charge in [-0.1, -0.05) is 206 Å². The van der Waals surface area contributed by atoms with Crippen LogP contribution in [0.2, 0.25) is 0 Å². The minimum Gasteiger partial charge on any atom is -0.394 e. The number of carbonyl (C=O) groups excluding carboxylic acids is 1. The molecule has 1 aliphatic rings. The normalized spacial score (nSPS) is 21.4. The Kier molecular flexibility index (Phi) is 35.2. The lowest BCUT2D eigenvalue weighted by atomic mass is 9.99. The molecule has 14 heteroatoms. The fourth-order valence-corrected chi connectivity index (χ4v) is 8.32. The molecule has 0 saturated carbocycles. The largest absolute Gasteiger partial charge is 0.397 e. The number of aliphatic hydroxyl groups is 5. The highest BCUT2D eigenvalue weighted by Gasteiger charge is 2.48. The minimum absolute atomic E-state index is 0.248. The number of ether oxygens (including phenoxy) is 2. The van der Waals surface area contributed by atoms with Crippen molar-refractivity contribution in [2.45, 2.75) is 262 Å². The van der Waals surface area contributed by atoms with Crippen LogP contribution in [0.5, 0.6) is 0 Å². The molecule has 7 N–H and O–H groups in total. The zero-order chi connectivity index (χ0) is 44.3. The highest BCUT2D eigenvalue weighted by atomic mass is 32.3. The van der Waals surface area contributed by atoms with E-state index in [1.165, 1.54) is 147 Å². The third kappa shape index (κ3) is 29.2. The van der Waals surface area contributed by atoms with Gasteiger partial charge in [0.25, 0.3) is 0 Å². The molecule has 0 radical (unpaired) electrons. The van der Waals surface area contributed by atoms with Gasteiger partial charge >= 0.3 is 10.4 Å². The Labute approximate surface area is 364 Å². The third-order valence-electron chi connectivity index (χ3n) is 11.7. The molecule has 1 amide bonds. The topological polar surface area (TPSA) is 212 Å². The van der Waals surface area contributed by atoms with Crippen LogP contribution in [0.25, 0.3) is 0 Å². The predicted molar refractivity (Wildman–Crippen MR) is 238 cm³/mol. The lowest BCUT2D eigenvalue weighted by Crippen LogP contribution is -2.61. The van der Waals surface area contributed by atoms with E-state index in [0.717, 1.165) is 38.5 Å². The van der Waals surface area contributed by atoms with Gasteiger partial charge in [0, 0.05) is 0 Å². The van der Waals surface area contributed by atoms with Crippen molar-refractivity contribution in [3.8, 4) is 0 Å². The fourth-order valence-electron chi connectivity index (χ4n) is 7.81. The molecule has 0 bridgehead atoms. The van der Waals surface area contributed by atoms with Gasteiger partial charge in [-0.3, -0.25) is 9.35 Å². The van der Waals surface area contributed by atoms with Gasteiger partial charge < -0.3 is 40.3 Å². The van der Waals surface area contributed by atoms with Crippen LogP contribution in [-0.2, 0) is 28.9 Å². The summed E-state index contributed by atoms with van der Waals surface area (Å²) in [5.41, 5.74) is 0. The molecule has 356 valence electrons. The van der Waals surface area contributed by atoms with Crippen LogP contribution in [0.4, 0.5) is 0 Å². The second-order valence-corrected chi connectivity index (χ2v) is 18.2. The number of hydrogen-bond donors (Lipinski definition) is 7. The van der Waals surface area contributed by atoms with Gasteiger partial charge in [-0.15, -0.1) is 0 Å². The van der Waals surface area contributed by atoms with Crippen LogP contribution in [0.3, 0.4) is 0 Å². The highest BCUT2D eigenvalue weighted by Crippen LogP contribution is 2.26. The standard InChI is InChI=1S/C46H89NO12S/c1-3-5-7-9-11-13-15-17-18-19-20-21-22-23-25-27-29-31-33-35-40(50)45(53)47-38(39(49)34-32-30-28-26-24-16-14-12-10-8-6-4-2)37-57-46-43(52)44(59-60(54,55)56)42(51)41(36-48)58-46/h32,34,38-44,46,48-52H,3-31,33,35-37H2,1-2H3,(H,47,53)(H,54,55,56)/b34-32+. The number of hydrogen-bond acceptors (Lipinski definition) is 11. The maximum atomic E-state index is 13.1. The second kappa shape index (κ2) is 37.2. The van der Waals surface area contributed by atoms with Crippen molar-refractivity contribution in [2.24, 2.45) is 0 Å². The zero-order valence-electron chi connectivity index (χ0n) is 37.6. The van der Waals surface area contributed by atoms with Gasteiger partial charge in [0.1, 0.15) is 30.5 Å². The molecule has 0 aromatic heterocycles. The molecule has 0 spiro atoms. The molecule has 0 aliphatic carbocycles. The Hall–Kier alpha value is -1.20. The van der Waals surface area contributed by atoms with Gasteiger partial charge in [0.05, 0.1) is 25.4 Å². The molecule has 8 atom stereocenters. The molecule has 60 heavy (non-hydrogen) atoms. The van der Waals surface area contributed by atoms with E-state index in [4.69, 9.17) is 9.47 Å². The van der Waals surface area contributed by atoms with Crippen molar-refractivity contribution >= 4 is 16.3 Å². The Morgan fingerprint density at radius 3 is 1.50 bits per heavy atom. The van der Waals surface area contributed by atoms with E-state index >= 15 is 0 Å². The number of aliphatic hydroxyl groups excluding tert-OH is 5. The van der Waals surface area contributed by atoms with E-state index in [2.05, 4.69) is 23.3 Å². The van der Waals surface area contributed by atoms with Crippen LogP contribution >= 0.6 is 0 Å². The van der Waals surface area contributed by atoms with Crippen LogP contribution in [0, 0.1) is 0 Å². The van der Waals surface area contributed by atoms with Crippen molar-refractivity contribution in [3.05, 3.63) is 12.2 Å². The molecule has 0 aromatic carbocycles. The summed E-state index contributed by atoms with van der Waals surface area (Å²) >= 11 is 0. The zero-order valence-corrected chi connectivity index (χ0v) is 38.5. The van der Waals surface area contributed by atoms with Crippen molar-refractivity contribution in [3.63, 3.8) is 0 Å². The quantitative estimate of drug-likeness (QED) is 0.0175. The summed E-state index contributed by atoms with van der Waals surface area (Å²) < 4.78 is 47.5. The maximum Gasteiger partial charge on any atom is 0.397 e. The second-order valence-electron chi connectivity index (χ2n) is 17.2. The average Bonchev–Trinajstić information content (AvgIpc) is 3.22. The number of unbranched alkanes of at least 4 members (excludes halogenated alkanes) is 28. The number of nitrogens with one attached hydrogen (secondary N) is 1. The lowest BCUT2D eigenvalue weighted by molar-refractivity contribution is -0.298. The summed E-state index contributed by atoms with van der Waals surface area (Å²) in [6.45, 7) is 3.22. The Balaban J connectivity index is 2.51. The number of rotatable bonds is 41. The van der Waals surface area contributed by atoms with Crippen molar-refractivity contribution in [1.82, 2.24) is 5.32 Å². The Bertz CT molecular complexity index is 1140. The lowest BCUT2D eigenvalue weighted by Gasteiger charge is -2.41. The molecule has 1 rings (SSSR count). The maximum absolute atomic E-state index is 13.1. The minimum atomic E-state index is -5.11. The smallest absolute Gasteiger partial charge is 0.394 e. The van der Waals surface area contributed by atoms with E-state index in [0.29, 0.717) is 12.8 Å². The van der Waals surface area contributed by atoms with Crippen LogP contribution < -0.4 is 5.32 Å². The van der Waals surface area contributed by atoms with E-state index in [1.807, 2.05) is 6.08 Å². The third-order valence-corrected chi connectivity index (χ3v) is 12.1. The van der Waals surface area contributed by atoms with Gasteiger partial charge in [0.15, 0.2) is 6.29 Å². The summed E-state index contributed by atoms with van der Waals surface area (Å²) in [5.74, 6) is -0.700. The molecule has 0 aromatic rings. The Morgan fingerprint density at radius 1 is 0.667 bits per heavy atom. The first-order valence-electron chi connectivity index (χ1n) is 24.2. The van der Waals surface area contributed by atoms with Crippen molar-refractivity contribution in [1.29, 1.82) is 0 Å². The summed E-state index contributed by atoms with van der Waals surface area (Å²) in [7, 11) is -5.11. The first-order chi connectivity index (χ1) is 28.9. The summed E-state index contributed by atoms with van der Waals surface area (Å²) in [6, 6.07) is -1.11. The van der Waals surface area contributed by atoms with Gasteiger partial charge in [-0.05, 0) is 19.3 Å². The highest BCUT2D eigenvalue weighted by molar-refractivity contribution is 7.80.